The monoisotopic (exact) mass is 221 g/mol. The molecule has 1 unspecified atom stereocenters. The first-order valence-corrected chi connectivity index (χ1v) is 5.30. The Morgan fingerprint density at radius 2 is 2.38 bits per heavy atom. The van der Waals surface area contributed by atoms with E-state index in [1.54, 1.807) is 0 Å². The second kappa shape index (κ2) is 4.04. The van der Waals surface area contributed by atoms with Crippen LogP contribution in [0.3, 0.4) is 0 Å². The predicted molar refractivity (Wildman–Crippen MR) is 61.1 cm³/mol. The summed E-state index contributed by atoms with van der Waals surface area (Å²) in [6.45, 7) is 4.57. The Bertz CT molecular complexity index is 417. The summed E-state index contributed by atoms with van der Waals surface area (Å²) >= 11 is 0. The van der Waals surface area contributed by atoms with Crippen molar-refractivity contribution in [2.45, 2.75) is 20.0 Å². The third-order valence-electron chi connectivity index (χ3n) is 2.59. The number of carbonyl (C=O) groups is 1. The molecule has 86 valence electrons. The summed E-state index contributed by atoms with van der Waals surface area (Å²) in [5.41, 5.74) is 1.98. The highest BCUT2D eigenvalue weighted by Gasteiger charge is 2.24. The van der Waals surface area contributed by atoms with Crippen LogP contribution in [0.4, 0.5) is 5.69 Å². The van der Waals surface area contributed by atoms with Gasteiger partial charge in [-0.05, 0) is 31.5 Å². The average molecular weight is 221 g/mol. The van der Waals surface area contributed by atoms with Crippen LogP contribution in [0.2, 0.25) is 0 Å². The number of benzene rings is 1. The van der Waals surface area contributed by atoms with Crippen molar-refractivity contribution < 1.29 is 14.6 Å². The molecule has 0 fully saturated rings. The van der Waals surface area contributed by atoms with Crippen molar-refractivity contribution in [3.63, 3.8) is 0 Å². The van der Waals surface area contributed by atoms with E-state index in [2.05, 4.69) is 0 Å². The normalized spacial score (nSPS) is 18.9. The Hall–Kier alpha value is -1.71. The third-order valence-corrected chi connectivity index (χ3v) is 2.59. The fourth-order valence-electron chi connectivity index (χ4n) is 1.95. The maximum absolute atomic E-state index is 10.8. The summed E-state index contributed by atoms with van der Waals surface area (Å²) in [6.07, 6.45) is 0.0219. The first-order valence-electron chi connectivity index (χ1n) is 5.30. The molecule has 1 aromatic carbocycles. The van der Waals surface area contributed by atoms with E-state index in [1.807, 2.05) is 36.9 Å². The SMILES string of the molecule is Cc1ccc2c(c1)OC(C)CN2CC(=O)O. The standard InChI is InChI=1S/C12H15NO3/c1-8-3-4-10-11(5-8)16-9(2)6-13(10)7-12(14)15/h3-5,9H,6-7H2,1-2H3,(H,14,15). The summed E-state index contributed by atoms with van der Waals surface area (Å²) in [4.78, 5) is 12.6. The van der Waals surface area contributed by atoms with Crippen molar-refractivity contribution >= 4 is 11.7 Å². The van der Waals surface area contributed by atoms with Gasteiger partial charge in [0, 0.05) is 0 Å². The molecule has 1 atom stereocenters. The lowest BCUT2D eigenvalue weighted by atomic mass is 10.1. The maximum atomic E-state index is 10.8. The molecule has 0 aromatic heterocycles. The van der Waals surface area contributed by atoms with Crippen LogP contribution in [0.15, 0.2) is 18.2 Å². The van der Waals surface area contributed by atoms with Gasteiger partial charge in [0.25, 0.3) is 0 Å². The second-order valence-corrected chi connectivity index (χ2v) is 4.17. The van der Waals surface area contributed by atoms with Crippen LogP contribution in [-0.4, -0.2) is 30.3 Å². The first kappa shape index (κ1) is 10.8. The van der Waals surface area contributed by atoms with E-state index in [9.17, 15) is 4.79 Å². The molecule has 1 aromatic rings. The Balaban J connectivity index is 2.34. The molecule has 1 heterocycles. The molecule has 2 rings (SSSR count). The van der Waals surface area contributed by atoms with Crippen LogP contribution in [0, 0.1) is 6.92 Å². The number of carboxylic acid groups (broad SMARTS) is 1. The van der Waals surface area contributed by atoms with E-state index < -0.39 is 5.97 Å². The highest BCUT2D eigenvalue weighted by atomic mass is 16.5. The molecule has 16 heavy (non-hydrogen) atoms. The van der Waals surface area contributed by atoms with E-state index >= 15 is 0 Å². The molecule has 0 spiro atoms. The van der Waals surface area contributed by atoms with Crippen LogP contribution in [0.5, 0.6) is 5.75 Å². The zero-order chi connectivity index (χ0) is 11.7. The van der Waals surface area contributed by atoms with Crippen LogP contribution >= 0.6 is 0 Å². The minimum atomic E-state index is -0.819. The molecule has 0 amide bonds. The number of nitrogens with zero attached hydrogens (tertiary/aromatic N) is 1. The van der Waals surface area contributed by atoms with Crippen molar-refractivity contribution in [2.75, 3.05) is 18.0 Å². The summed E-state index contributed by atoms with van der Waals surface area (Å²) < 4.78 is 5.69. The van der Waals surface area contributed by atoms with Gasteiger partial charge < -0.3 is 14.7 Å². The van der Waals surface area contributed by atoms with Crippen LogP contribution in [0.1, 0.15) is 12.5 Å². The summed E-state index contributed by atoms with van der Waals surface area (Å²) in [7, 11) is 0. The molecule has 1 aliphatic rings. The van der Waals surface area contributed by atoms with Crippen molar-refractivity contribution in [1.82, 2.24) is 0 Å². The molecule has 0 saturated heterocycles. The number of aryl methyl sites for hydroxylation is 1. The average Bonchev–Trinajstić information content (AvgIpc) is 2.15. The van der Waals surface area contributed by atoms with Gasteiger partial charge in [-0.2, -0.15) is 0 Å². The number of hydrogen-bond donors (Lipinski definition) is 1. The quantitative estimate of drug-likeness (QED) is 0.825. The van der Waals surface area contributed by atoms with E-state index in [-0.39, 0.29) is 12.6 Å². The lowest BCUT2D eigenvalue weighted by molar-refractivity contribution is -0.135. The maximum Gasteiger partial charge on any atom is 0.323 e. The molecule has 0 saturated carbocycles. The minimum absolute atomic E-state index is 0.0176. The van der Waals surface area contributed by atoms with Gasteiger partial charge >= 0.3 is 5.97 Å². The van der Waals surface area contributed by atoms with Gasteiger partial charge in [0.1, 0.15) is 18.4 Å². The van der Waals surface area contributed by atoms with Crippen molar-refractivity contribution in [2.24, 2.45) is 0 Å². The molecule has 0 aliphatic carbocycles. The van der Waals surface area contributed by atoms with Gasteiger partial charge in [-0.25, -0.2) is 0 Å². The number of rotatable bonds is 2. The predicted octanol–water partition coefficient (Wildman–Crippen LogP) is 1.67. The number of fused-ring (bicyclic) bond motifs is 1. The lowest BCUT2D eigenvalue weighted by Gasteiger charge is -2.34. The lowest BCUT2D eigenvalue weighted by Crippen LogP contribution is -2.41. The number of ether oxygens (including phenoxy) is 1. The zero-order valence-electron chi connectivity index (χ0n) is 9.43. The summed E-state index contributed by atoms with van der Waals surface area (Å²) in [5, 5.41) is 8.85. The second-order valence-electron chi connectivity index (χ2n) is 4.17. The molecule has 0 bridgehead atoms. The smallest absolute Gasteiger partial charge is 0.323 e. The number of aliphatic carboxylic acids is 1. The fraction of sp³-hybridized carbons (Fsp3) is 0.417. The molecule has 4 heteroatoms. The highest BCUT2D eigenvalue weighted by Crippen LogP contribution is 2.33. The Labute approximate surface area is 94.4 Å². The van der Waals surface area contributed by atoms with Crippen LogP contribution in [-0.2, 0) is 4.79 Å². The summed E-state index contributed by atoms with van der Waals surface area (Å²) in [5.74, 6) is -0.0411. The zero-order valence-corrected chi connectivity index (χ0v) is 9.43. The van der Waals surface area contributed by atoms with E-state index in [0.717, 1.165) is 17.0 Å². The molecule has 4 nitrogen and oxygen atoms in total. The molecule has 1 aliphatic heterocycles. The highest BCUT2D eigenvalue weighted by molar-refractivity contribution is 5.75. The van der Waals surface area contributed by atoms with Crippen LogP contribution < -0.4 is 9.64 Å². The number of carboxylic acids is 1. The number of hydrogen-bond acceptors (Lipinski definition) is 3. The molecular weight excluding hydrogens is 206 g/mol. The molecule has 0 radical (unpaired) electrons. The van der Waals surface area contributed by atoms with Crippen molar-refractivity contribution in [3.8, 4) is 5.75 Å². The van der Waals surface area contributed by atoms with Gasteiger partial charge in [0.05, 0.1) is 12.2 Å². The number of anilines is 1. The largest absolute Gasteiger partial charge is 0.487 e. The van der Waals surface area contributed by atoms with E-state index in [1.165, 1.54) is 0 Å². The molecular formula is C12H15NO3. The van der Waals surface area contributed by atoms with E-state index in [0.29, 0.717) is 6.54 Å². The van der Waals surface area contributed by atoms with Gasteiger partial charge in [-0.15, -0.1) is 0 Å². The minimum Gasteiger partial charge on any atom is -0.487 e. The fourth-order valence-corrected chi connectivity index (χ4v) is 1.95. The van der Waals surface area contributed by atoms with Crippen molar-refractivity contribution in [3.05, 3.63) is 23.8 Å². The van der Waals surface area contributed by atoms with Gasteiger partial charge in [0.2, 0.25) is 0 Å². The Morgan fingerprint density at radius 3 is 3.06 bits per heavy atom. The molecule has 1 N–H and O–H groups in total. The third kappa shape index (κ3) is 2.10. The Kier molecular flexibility index (Phi) is 2.73. The van der Waals surface area contributed by atoms with E-state index in [4.69, 9.17) is 9.84 Å². The summed E-state index contributed by atoms with van der Waals surface area (Å²) in [6, 6.07) is 5.83. The van der Waals surface area contributed by atoms with Gasteiger partial charge in [0.15, 0.2) is 0 Å². The first-order chi connectivity index (χ1) is 7.56. The van der Waals surface area contributed by atoms with Crippen molar-refractivity contribution in [1.29, 1.82) is 0 Å². The van der Waals surface area contributed by atoms with Gasteiger partial charge in [-0.1, -0.05) is 6.07 Å². The Morgan fingerprint density at radius 1 is 1.62 bits per heavy atom. The van der Waals surface area contributed by atoms with Crippen LogP contribution in [0.25, 0.3) is 0 Å². The topological polar surface area (TPSA) is 49.8 Å². The van der Waals surface area contributed by atoms with Gasteiger partial charge in [-0.3, -0.25) is 4.79 Å².